The lowest BCUT2D eigenvalue weighted by Gasteiger charge is -2.15. The number of hydrogen-bond acceptors (Lipinski definition) is 3. The van der Waals surface area contributed by atoms with Gasteiger partial charge in [-0.05, 0) is 73.1 Å². The van der Waals surface area contributed by atoms with Crippen LogP contribution in [0.5, 0.6) is 0 Å². The van der Waals surface area contributed by atoms with Crippen LogP contribution in [-0.4, -0.2) is 15.0 Å². The zero-order valence-corrected chi connectivity index (χ0v) is 27.2. The van der Waals surface area contributed by atoms with E-state index >= 15 is 0 Å². The normalized spacial score (nSPS) is 11.2. The standard InChI is InChI=1S/C47H31N3/c1-3-15-35(16-4-1)45-48-46(36-17-5-2-6-18-36)50-47(49-45)37-27-25-32(26-28-37)38-29-39(43-23-11-19-33-13-7-9-21-41(33)43)31-40(30-38)44-24-12-20-34-14-8-10-22-42(34)44/h1-31H. The van der Waals surface area contributed by atoms with Gasteiger partial charge in [0, 0.05) is 16.7 Å². The van der Waals surface area contributed by atoms with Crippen LogP contribution in [0.2, 0.25) is 0 Å². The summed E-state index contributed by atoms with van der Waals surface area (Å²) in [4.78, 5) is 14.8. The van der Waals surface area contributed by atoms with Gasteiger partial charge in [-0.2, -0.15) is 0 Å². The average molecular weight is 638 g/mol. The average Bonchev–Trinajstić information content (AvgIpc) is 3.21. The van der Waals surface area contributed by atoms with Gasteiger partial charge < -0.3 is 0 Å². The third-order valence-corrected chi connectivity index (χ3v) is 9.31. The lowest BCUT2D eigenvalue weighted by atomic mass is 9.89. The molecule has 0 spiro atoms. The van der Waals surface area contributed by atoms with Gasteiger partial charge in [0.2, 0.25) is 0 Å². The minimum atomic E-state index is 0.644. The van der Waals surface area contributed by atoms with Gasteiger partial charge in [0.05, 0.1) is 0 Å². The van der Waals surface area contributed by atoms with E-state index in [4.69, 9.17) is 15.0 Å². The lowest BCUT2D eigenvalue weighted by molar-refractivity contribution is 1.07. The Labute approximate surface area is 291 Å². The summed E-state index contributed by atoms with van der Waals surface area (Å²) in [6, 6.07) is 66.1. The number of nitrogens with zero attached hydrogens (tertiary/aromatic N) is 3. The van der Waals surface area contributed by atoms with Gasteiger partial charge in [-0.15, -0.1) is 0 Å². The highest BCUT2D eigenvalue weighted by Gasteiger charge is 2.14. The van der Waals surface area contributed by atoms with Crippen LogP contribution in [0.3, 0.4) is 0 Å². The molecular weight excluding hydrogens is 607 g/mol. The van der Waals surface area contributed by atoms with E-state index in [2.05, 4.69) is 127 Å². The van der Waals surface area contributed by atoms with Crippen molar-refractivity contribution in [2.24, 2.45) is 0 Å². The van der Waals surface area contributed by atoms with E-state index in [0.717, 1.165) is 27.8 Å². The summed E-state index contributed by atoms with van der Waals surface area (Å²) >= 11 is 0. The van der Waals surface area contributed by atoms with Gasteiger partial charge in [-0.1, -0.05) is 170 Å². The van der Waals surface area contributed by atoms with E-state index in [9.17, 15) is 0 Å². The number of aromatic nitrogens is 3. The quantitative estimate of drug-likeness (QED) is 0.182. The fraction of sp³-hybridized carbons (Fsp3) is 0. The van der Waals surface area contributed by atoms with Crippen molar-refractivity contribution in [1.82, 2.24) is 15.0 Å². The molecule has 9 rings (SSSR count). The smallest absolute Gasteiger partial charge is 0.164 e. The van der Waals surface area contributed by atoms with Crippen LogP contribution >= 0.6 is 0 Å². The maximum absolute atomic E-state index is 4.95. The molecule has 8 aromatic carbocycles. The van der Waals surface area contributed by atoms with Crippen LogP contribution in [-0.2, 0) is 0 Å². The maximum atomic E-state index is 4.95. The number of benzene rings is 8. The zero-order chi connectivity index (χ0) is 33.3. The Balaban J connectivity index is 1.18. The molecular formula is C47H31N3. The topological polar surface area (TPSA) is 38.7 Å². The van der Waals surface area contributed by atoms with E-state index in [1.807, 2.05) is 60.7 Å². The van der Waals surface area contributed by atoms with Crippen molar-refractivity contribution in [3.8, 4) is 67.5 Å². The fourth-order valence-corrected chi connectivity index (χ4v) is 6.81. The molecule has 0 saturated heterocycles. The zero-order valence-electron chi connectivity index (χ0n) is 27.2. The Morgan fingerprint density at radius 1 is 0.240 bits per heavy atom. The van der Waals surface area contributed by atoms with Gasteiger partial charge in [0.25, 0.3) is 0 Å². The van der Waals surface area contributed by atoms with E-state index in [0.29, 0.717) is 17.5 Å². The Morgan fingerprint density at radius 3 is 1.08 bits per heavy atom. The Kier molecular flexibility index (Phi) is 7.49. The molecule has 50 heavy (non-hydrogen) atoms. The van der Waals surface area contributed by atoms with Gasteiger partial charge in [-0.25, -0.2) is 15.0 Å². The van der Waals surface area contributed by atoms with Crippen molar-refractivity contribution in [3.63, 3.8) is 0 Å². The van der Waals surface area contributed by atoms with Crippen molar-refractivity contribution in [2.45, 2.75) is 0 Å². The van der Waals surface area contributed by atoms with Crippen LogP contribution < -0.4 is 0 Å². The molecule has 0 amide bonds. The van der Waals surface area contributed by atoms with E-state index < -0.39 is 0 Å². The summed E-state index contributed by atoms with van der Waals surface area (Å²) in [6.45, 7) is 0. The summed E-state index contributed by atoms with van der Waals surface area (Å²) < 4.78 is 0. The van der Waals surface area contributed by atoms with Gasteiger partial charge >= 0.3 is 0 Å². The van der Waals surface area contributed by atoms with Gasteiger partial charge in [0.15, 0.2) is 17.5 Å². The molecule has 3 heteroatoms. The Morgan fingerprint density at radius 2 is 0.600 bits per heavy atom. The molecule has 234 valence electrons. The first-order valence-electron chi connectivity index (χ1n) is 16.9. The SMILES string of the molecule is c1ccc(-c2nc(-c3ccccc3)nc(-c3ccc(-c4cc(-c5cccc6ccccc56)cc(-c5cccc6ccccc56)c4)cc3)n2)cc1. The minimum Gasteiger partial charge on any atom is -0.208 e. The number of fused-ring (bicyclic) bond motifs is 2. The van der Waals surface area contributed by atoms with Crippen molar-refractivity contribution in [3.05, 3.63) is 188 Å². The second-order valence-electron chi connectivity index (χ2n) is 12.5. The van der Waals surface area contributed by atoms with Crippen LogP contribution in [0, 0.1) is 0 Å². The molecule has 1 aromatic heterocycles. The van der Waals surface area contributed by atoms with E-state index in [1.54, 1.807) is 0 Å². The molecule has 0 aliphatic carbocycles. The van der Waals surface area contributed by atoms with Crippen LogP contribution in [0.25, 0.3) is 89.1 Å². The molecule has 0 atom stereocenters. The molecule has 1 heterocycles. The fourth-order valence-electron chi connectivity index (χ4n) is 6.81. The van der Waals surface area contributed by atoms with Crippen molar-refractivity contribution < 1.29 is 0 Å². The van der Waals surface area contributed by atoms with E-state index in [1.165, 1.54) is 43.8 Å². The van der Waals surface area contributed by atoms with Gasteiger partial charge in [0.1, 0.15) is 0 Å². The third-order valence-electron chi connectivity index (χ3n) is 9.31. The first-order chi connectivity index (χ1) is 24.8. The summed E-state index contributed by atoms with van der Waals surface area (Å²) in [5.74, 6) is 1.95. The molecule has 0 saturated carbocycles. The number of rotatable bonds is 6. The number of hydrogen-bond donors (Lipinski definition) is 0. The van der Waals surface area contributed by atoms with Crippen molar-refractivity contribution in [2.75, 3.05) is 0 Å². The molecule has 0 fully saturated rings. The molecule has 0 N–H and O–H groups in total. The van der Waals surface area contributed by atoms with E-state index in [-0.39, 0.29) is 0 Å². The monoisotopic (exact) mass is 637 g/mol. The first kappa shape index (κ1) is 29.4. The lowest BCUT2D eigenvalue weighted by Crippen LogP contribution is -2.00. The third kappa shape index (κ3) is 5.61. The Hall–Kier alpha value is -6.71. The molecule has 0 aliphatic rings. The second kappa shape index (κ2) is 12.7. The van der Waals surface area contributed by atoms with Crippen LogP contribution in [0.15, 0.2) is 188 Å². The van der Waals surface area contributed by atoms with Crippen LogP contribution in [0.1, 0.15) is 0 Å². The maximum Gasteiger partial charge on any atom is 0.164 e. The highest BCUT2D eigenvalue weighted by atomic mass is 15.0. The van der Waals surface area contributed by atoms with Crippen LogP contribution in [0.4, 0.5) is 0 Å². The largest absolute Gasteiger partial charge is 0.208 e. The summed E-state index contributed by atoms with van der Waals surface area (Å²) in [6.07, 6.45) is 0. The molecule has 9 aromatic rings. The predicted molar refractivity (Wildman–Crippen MR) is 207 cm³/mol. The minimum absolute atomic E-state index is 0.644. The second-order valence-corrected chi connectivity index (χ2v) is 12.5. The van der Waals surface area contributed by atoms with Gasteiger partial charge in [-0.3, -0.25) is 0 Å². The van der Waals surface area contributed by atoms with Crippen molar-refractivity contribution >= 4 is 21.5 Å². The summed E-state index contributed by atoms with van der Waals surface area (Å²) in [5, 5.41) is 4.94. The van der Waals surface area contributed by atoms with Crippen molar-refractivity contribution in [1.29, 1.82) is 0 Å². The Bertz CT molecular complexity index is 2460. The molecule has 3 nitrogen and oxygen atoms in total. The molecule has 0 unspecified atom stereocenters. The summed E-state index contributed by atoms with van der Waals surface area (Å²) in [7, 11) is 0. The first-order valence-corrected chi connectivity index (χ1v) is 16.9. The molecule has 0 bridgehead atoms. The molecule has 0 radical (unpaired) electrons. The summed E-state index contributed by atoms with van der Waals surface area (Å²) in [5.41, 5.74) is 9.92. The highest BCUT2D eigenvalue weighted by molar-refractivity contribution is 6.01. The predicted octanol–water partition coefficient (Wildman–Crippen LogP) is 12.2. The molecule has 0 aliphatic heterocycles. The highest BCUT2D eigenvalue weighted by Crippen LogP contribution is 2.38.